The number of fused-ring (bicyclic) bond motifs is 1. The Morgan fingerprint density at radius 3 is 3.10 bits per heavy atom. The smallest absolute Gasteiger partial charge is 0.230 e. The molecule has 1 aromatic carbocycles. The molecule has 5 heteroatoms. The van der Waals surface area contributed by atoms with Crippen molar-refractivity contribution >= 4 is 39.5 Å². The van der Waals surface area contributed by atoms with Crippen LogP contribution in [0.25, 0.3) is 0 Å². The molecule has 0 radical (unpaired) electrons. The highest BCUT2D eigenvalue weighted by molar-refractivity contribution is 8.38. The lowest BCUT2D eigenvalue weighted by Gasteiger charge is -2.15. The molecule has 0 aliphatic carbocycles. The molecule has 0 aromatic heterocycles. The summed E-state index contributed by atoms with van der Waals surface area (Å²) in [4.78, 5) is 16.4. The molecular formula is C15H20N2OS2. The van der Waals surface area contributed by atoms with Crippen molar-refractivity contribution in [3.63, 3.8) is 0 Å². The molecular weight excluding hydrogens is 288 g/mol. The summed E-state index contributed by atoms with van der Waals surface area (Å²) in [5.41, 5.74) is 2.30. The maximum Gasteiger partial charge on any atom is 0.230 e. The topological polar surface area (TPSA) is 41.5 Å². The van der Waals surface area contributed by atoms with E-state index in [2.05, 4.69) is 30.2 Å². The molecule has 0 saturated carbocycles. The van der Waals surface area contributed by atoms with Gasteiger partial charge in [-0.25, -0.2) is 4.99 Å². The van der Waals surface area contributed by atoms with Gasteiger partial charge in [-0.05, 0) is 25.0 Å². The molecule has 0 unspecified atom stereocenters. The van der Waals surface area contributed by atoms with Gasteiger partial charge in [0.05, 0.1) is 11.4 Å². The Hall–Kier alpha value is -0.940. The molecule has 1 amide bonds. The summed E-state index contributed by atoms with van der Waals surface area (Å²) in [5.74, 6) is 1.48. The number of amides is 1. The van der Waals surface area contributed by atoms with Crippen molar-refractivity contribution in [3.8, 4) is 0 Å². The normalized spacial score (nSPS) is 15.2. The van der Waals surface area contributed by atoms with Gasteiger partial charge in [-0.3, -0.25) is 4.79 Å². The molecule has 20 heavy (non-hydrogen) atoms. The molecule has 2 rings (SSSR count). The lowest BCUT2D eigenvalue weighted by Crippen LogP contribution is -2.33. The number of rotatable bonds is 5. The average molecular weight is 308 g/mol. The van der Waals surface area contributed by atoms with Crippen molar-refractivity contribution in [2.24, 2.45) is 4.99 Å². The second kappa shape index (κ2) is 7.74. The maximum atomic E-state index is 11.8. The number of carbonyl (C=O) groups is 1. The summed E-state index contributed by atoms with van der Waals surface area (Å²) in [6.07, 6.45) is 2.12. The third-order valence-corrected chi connectivity index (χ3v) is 5.26. The molecule has 1 heterocycles. The zero-order chi connectivity index (χ0) is 14.4. The van der Waals surface area contributed by atoms with Gasteiger partial charge in [-0.2, -0.15) is 0 Å². The number of carbonyl (C=O) groups excluding carboxylic acids is 1. The van der Waals surface area contributed by atoms with E-state index in [0.717, 1.165) is 28.7 Å². The molecule has 0 saturated heterocycles. The van der Waals surface area contributed by atoms with E-state index in [1.54, 1.807) is 11.8 Å². The van der Waals surface area contributed by atoms with Gasteiger partial charge >= 0.3 is 0 Å². The van der Waals surface area contributed by atoms with Crippen molar-refractivity contribution in [1.82, 2.24) is 5.32 Å². The van der Waals surface area contributed by atoms with Crippen LogP contribution >= 0.6 is 23.5 Å². The zero-order valence-corrected chi connectivity index (χ0v) is 13.5. The number of aliphatic imine (C=N–C) groups is 1. The van der Waals surface area contributed by atoms with E-state index in [0.29, 0.717) is 5.75 Å². The first kappa shape index (κ1) is 15.4. The number of hydrogen-bond acceptors (Lipinski definition) is 4. The molecule has 0 fully saturated rings. The largest absolute Gasteiger partial charge is 0.353 e. The summed E-state index contributed by atoms with van der Waals surface area (Å²) in [5, 5.41) is 3.02. The minimum Gasteiger partial charge on any atom is -0.353 e. The Kier molecular flexibility index (Phi) is 5.98. The summed E-state index contributed by atoms with van der Waals surface area (Å²) in [7, 11) is 0. The molecule has 1 aliphatic heterocycles. The number of thioether (sulfide) groups is 2. The quantitative estimate of drug-likeness (QED) is 0.895. The van der Waals surface area contributed by atoms with Crippen LogP contribution in [0, 0.1) is 0 Å². The van der Waals surface area contributed by atoms with Crippen molar-refractivity contribution in [2.45, 2.75) is 38.5 Å². The molecule has 108 valence electrons. The number of nitrogens with one attached hydrogen (secondary N) is 1. The number of para-hydroxylation sites is 1. The van der Waals surface area contributed by atoms with Crippen LogP contribution in [0.4, 0.5) is 5.69 Å². The Morgan fingerprint density at radius 2 is 2.30 bits per heavy atom. The van der Waals surface area contributed by atoms with Gasteiger partial charge < -0.3 is 5.32 Å². The Labute approximate surface area is 129 Å². The van der Waals surface area contributed by atoms with Crippen LogP contribution in [-0.4, -0.2) is 22.1 Å². The fraction of sp³-hybridized carbons (Fsp3) is 0.467. The minimum atomic E-state index is 0.0955. The van der Waals surface area contributed by atoms with Crippen molar-refractivity contribution in [3.05, 3.63) is 29.8 Å². The van der Waals surface area contributed by atoms with Crippen molar-refractivity contribution < 1.29 is 4.79 Å². The van der Waals surface area contributed by atoms with Crippen LogP contribution in [0.1, 0.15) is 32.3 Å². The number of nitrogens with zero attached hydrogens (tertiary/aromatic N) is 1. The molecule has 1 aromatic rings. The summed E-state index contributed by atoms with van der Waals surface area (Å²) in [6, 6.07) is 8.43. The van der Waals surface area contributed by atoms with Gasteiger partial charge in [0.15, 0.2) is 0 Å². The van der Waals surface area contributed by atoms with Crippen LogP contribution in [0.3, 0.4) is 0 Å². The van der Waals surface area contributed by atoms with E-state index in [-0.39, 0.29) is 11.9 Å². The second-order valence-corrected chi connectivity index (χ2v) is 7.03. The highest BCUT2D eigenvalue weighted by atomic mass is 32.2. The van der Waals surface area contributed by atoms with E-state index < -0.39 is 0 Å². The first-order valence-corrected chi connectivity index (χ1v) is 8.87. The van der Waals surface area contributed by atoms with Crippen LogP contribution in [0.15, 0.2) is 29.3 Å². The summed E-state index contributed by atoms with van der Waals surface area (Å²) < 4.78 is 0.988. The Bertz CT molecular complexity index is 502. The predicted octanol–water partition coefficient (Wildman–Crippen LogP) is 3.96. The molecule has 0 spiro atoms. The average Bonchev–Trinajstić information content (AvgIpc) is 2.45. The first-order valence-electron chi connectivity index (χ1n) is 6.90. The molecule has 3 nitrogen and oxygen atoms in total. The monoisotopic (exact) mass is 308 g/mol. The third-order valence-electron chi connectivity index (χ3n) is 3.01. The van der Waals surface area contributed by atoms with Crippen LogP contribution in [-0.2, 0) is 10.5 Å². The summed E-state index contributed by atoms with van der Waals surface area (Å²) in [6.45, 7) is 4.18. The van der Waals surface area contributed by atoms with Crippen LogP contribution in [0.2, 0.25) is 0 Å². The molecule has 1 N–H and O–H groups in total. The zero-order valence-electron chi connectivity index (χ0n) is 11.9. The lowest BCUT2D eigenvalue weighted by atomic mass is 10.2. The van der Waals surface area contributed by atoms with Gasteiger partial charge in [0, 0.05) is 11.8 Å². The van der Waals surface area contributed by atoms with Gasteiger partial charge in [-0.15, -0.1) is 0 Å². The van der Waals surface area contributed by atoms with Crippen molar-refractivity contribution in [2.75, 3.05) is 5.75 Å². The van der Waals surface area contributed by atoms with E-state index >= 15 is 0 Å². The second-order valence-electron chi connectivity index (χ2n) is 4.84. The van der Waals surface area contributed by atoms with Gasteiger partial charge in [-0.1, -0.05) is 55.1 Å². The van der Waals surface area contributed by atoms with E-state index in [1.165, 1.54) is 17.3 Å². The van der Waals surface area contributed by atoms with Gasteiger partial charge in [0.1, 0.15) is 4.38 Å². The van der Waals surface area contributed by atoms with E-state index in [9.17, 15) is 4.79 Å². The predicted molar refractivity (Wildman–Crippen MR) is 89.8 cm³/mol. The van der Waals surface area contributed by atoms with Crippen molar-refractivity contribution in [1.29, 1.82) is 0 Å². The SMILES string of the molecule is CCC[C@@H](C)NC(=O)CSC1=Nc2ccccc2CS1. The Balaban J connectivity index is 1.83. The molecule has 0 bridgehead atoms. The maximum absolute atomic E-state index is 11.8. The number of hydrogen-bond donors (Lipinski definition) is 1. The number of benzene rings is 1. The standard InChI is InChI=1S/C15H20N2OS2/c1-3-6-11(2)16-14(18)10-20-15-17-13-8-5-4-7-12(13)9-19-15/h4-5,7-8,11H,3,6,9-10H2,1-2H3,(H,16,18)/t11-/m1/s1. The van der Waals surface area contributed by atoms with Crippen LogP contribution in [0.5, 0.6) is 0 Å². The minimum absolute atomic E-state index is 0.0955. The Morgan fingerprint density at radius 1 is 1.50 bits per heavy atom. The summed E-state index contributed by atoms with van der Waals surface area (Å²) >= 11 is 3.24. The van der Waals surface area contributed by atoms with E-state index in [1.807, 2.05) is 18.2 Å². The molecule has 1 atom stereocenters. The van der Waals surface area contributed by atoms with E-state index in [4.69, 9.17) is 0 Å². The van der Waals surface area contributed by atoms with Gasteiger partial charge in [0.25, 0.3) is 0 Å². The van der Waals surface area contributed by atoms with Gasteiger partial charge in [0.2, 0.25) is 5.91 Å². The molecule has 1 aliphatic rings. The van der Waals surface area contributed by atoms with Crippen LogP contribution < -0.4 is 5.32 Å². The fourth-order valence-corrected chi connectivity index (χ4v) is 3.91. The highest BCUT2D eigenvalue weighted by Gasteiger charge is 2.14. The lowest BCUT2D eigenvalue weighted by molar-refractivity contribution is -0.119. The highest BCUT2D eigenvalue weighted by Crippen LogP contribution is 2.34. The fourth-order valence-electron chi connectivity index (χ4n) is 2.03. The third kappa shape index (κ3) is 4.56. The first-order chi connectivity index (χ1) is 9.69.